The van der Waals surface area contributed by atoms with Crippen LogP contribution in [0.25, 0.3) is 0 Å². The molecule has 1 unspecified atom stereocenters. The van der Waals surface area contributed by atoms with Crippen molar-refractivity contribution in [2.75, 3.05) is 32.9 Å². The highest BCUT2D eigenvalue weighted by Crippen LogP contribution is 2.08. The minimum atomic E-state index is 0.360. The molecule has 16 heavy (non-hydrogen) atoms. The Labute approximate surface area is 99.9 Å². The van der Waals surface area contributed by atoms with Crippen LogP contribution in [0.5, 0.6) is 0 Å². The van der Waals surface area contributed by atoms with Crippen molar-refractivity contribution in [2.45, 2.75) is 45.6 Å². The summed E-state index contributed by atoms with van der Waals surface area (Å²) >= 11 is 0. The molecule has 0 bridgehead atoms. The maximum Gasteiger partial charge on any atom is 0.0830 e. The highest BCUT2D eigenvalue weighted by Gasteiger charge is 2.15. The van der Waals surface area contributed by atoms with Crippen LogP contribution in [-0.2, 0) is 9.47 Å². The highest BCUT2D eigenvalue weighted by atomic mass is 16.5. The molecule has 1 N–H and O–H groups in total. The van der Waals surface area contributed by atoms with Gasteiger partial charge >= 0.3 is 0 Å². The second-order valence-electron chi connectivity index (χ2n) is 4.60. The Kier molecular flexibility index (Phi) is 7.81. The lowest BCUT2D eigenvalue weighted by molar-refractivity contribution is 0.0415. The Morgan fingerprint density at radius 2 is 2.19 bits per heavy atom. The fraction of sp³-hybridized carbons (Fsp3) is 1.00. The van der Waals surface area contributed by atoms with Crippen LogP contribution < -0.4 is 5.32 Å². The van der Waals surface area contributed by atoms with Gasteiger partial charge in [-0.3, -0.25) is 0 Å². The van der Waals surface area contributed by atoms with Crippen LogP contribution in [0.15, 0.2) is 0 Å². The minimum Gasteiger partial charge on any atom is -0.379 e. The van der Waals surface area contributed by atoms with E-state index < -0.39 is 0 Å². The maximum atomic E-state index is 5.70. The van der Waals surface area contributed by atoms with Gasteiger partial charge in [0.2, 0.25) is 0 Å². The molecule has 1 atom stereocenters. The first-order valence-corrected chi connectivity index (χ1v) is 6.76. The van der Waals surface area contributed by atoms with Crippen molar-refractivity contribution in [3.63, 3.8) is 0 Å². The first-order valence-electron chi connectivity index (χ1n) is 6.76. The van der Waals surface area contributed by atoms with Crippen LogP contribution >= 0.6 is 0 Å². The molecule has 1 heterocycles. The molecule has 0 aromatic rings. The fourth-order valence-electron chi connectivity index (χ4n) is 1.98. The second-order valence-corrected chi connectivity index (χ2v) is 4.60. The number of ether oxygens (including phenoxy) is 2. The quantitative estimate of drug-likeness (QED) is 0.615. The number of nitrogens with one attached hydrogen (secondary N) is 1. The Balaban J connectivity index is 1.84. The molecule has 0 aliphatic carbocycles. The summed E-state index contributed by atoms with van der Waals surface area (Å²) in [5.41, 5.74) is 0. The first kappa shape index (κ1) is 13.9. The molecule has 0 aromatic heterocycles. The molecule has 3 heteroatoms. The zero-order valence-electron chi connectivity index (χ0n) is 10.8. The lowest BCUT2D eigenvalue weighted by Gasteiger charge is -2.14. The van der Waals surface area contributed by atoms with Crippen LogP contribution in [0.2, 0.25) is 0 Å². The van der Waals surface area contributed by atoms with Gasteiger partial charge in [0.25, 0.3) is 0 Å². The van der Waals surface area contributed by atoms with Gasteiger partial charge in [-0.2, -0.15) is 0 Å². The summed E-state index contributed by atoms with van der Waals surface area (Å²) in [6.07, 6.45) is 5.09. The predicted molar refractivity (Wildman–Crippen MR) is 66.7 cm³/mol. The van der Waals surface area contributed by atoms with E-state index in [0.29, 0.717) is 6.10 Å². The third kappa shape index (κ3) is 5.83. The van der Waals surface area contributed by atoms with Gasteiger partial charge < -0.3 is 14.8 Å². The summed E-state index contributed by atoms with van der Waals surface area (Å²) in [4.78, 5) is 0. The summed E-state index contributed by atoms with van der Waals surface area (Å²) in [5.74, 6) is 0.837. The summed E-state index contributed by atoms with van der Waals surface area (Å²) in [6, 6.07) is 0. The van der Waals surface area contributed by atoms with Gasteiger partial charge in [0.15, 0.2) is 0 Å². The van der Waals surface area contributed by atoms with Crippen LogP contribution in [-0.4, -0.2) is 39.0 Å². The SMILES string of the molecule is CCC(CC)CNCCCOC1CCOC1. The Morgan fingerprint density at radius 3 is 2.81 bits per heavy atom. The molecule has 0 aromatic carbocycles. The number of hydrogen-bond acceptors (Lipinski definition) is 3. The van der Waals surface area contributed by atoms with Gasteiger partial charge in [0, 0.05) is 13.2 Å². The molecule has 96 valence electrons. The van der Waals surface area contributed by atoms with Gasteiger partial charge in [-0.05, 0) is 31.8 Å². The molecular weight excluding hydrogens is 202 g/mol. The normalized spacial score (nSPS) is 20.8. The van der Waals surface area contributed by atoms with Crippen molar-refractivity contribution in [3.8, 4) is 0 Å². The third-order valence-electron chi connectivity index (χ3n) is 3.33. The van der Waals surface area contributed by atoms with Crippen LogP contribution in [0.1, 0.15) is 39.5 Å². The van der Waals surface area contributed by atoms with E-state index in [1.807, 2.05) is 0 Å². The van der Waals surface area contributed by atoms with Crippen molar-refractivity contribution in [1.29, 1.82) is 0 Å². The highest BCUT2D eigenvalue weighted by molar-refractivity contribution is 4.63. The molecule has 1 aliphatic heterocycles. The lowest BCUT2D eigenvalue weighted by atomic mass is 10.0. The molecular formula is C13H27NO2. The molecule has 1 aliphatic rings. The van der Waals surface area contributed by atoms with E-state index in [0.717, 1.165) is 51.7 Å². The average Bonchev–Trinajstić information content (AvgIpc) is 2.81. The maximum absolute atomic E-state index is 5.70. The zero-order chi connectivity index (χ0) is 11.6. The van der Waals surface area contributed by atoms with Crippen molar-refractivity contribution in [1.82, 2.24) is 5.32 Å². The van der Waals surface area contributed by atoms with Crippen molar-refractivity contribution in [2.24, 2.45) is 5.92 Å². The summed E-state index contributed by atoms with van der Waals surface area (Å²) in [6.45, 7) is 9.28. The monoisotopic (exact) mass is 229 g/mol. The Bertz CT molecular complexity index is 148. The molecule has 0 spiro atoms. The van der Waals surface area contributed by atoms with E-state index >= 15 is 0 Å². The predicted octanol–water partition coefficient (Wildman–Crippen LogP) is 2.21. The molecule has 0 radical (unpaired) electrons. The standard InChI is InChI=1S/C13H27NO2/c1-3-12(4-2)10-14-7-5-8-16-13-6-9-15-11-13/h12-14H,3-11H2,1-2H3. The lowest BCUT2D eigenvalue weighted by Crippen LogP contribution is -2.24. The molecule has 0 amide bonds. The van der Waals surface area contributed by atoms with Gasteiger partial charge in [-0.25, -0.2) is 0 Å². The van der Waals surface area contributed by atoms with Crippen LogP contribution in [0, 0.1) is 5.92 Å². The molecule has 1 fully saturated rings. The average molecular weight is 229 g/mol. The summed E-state index contributed by atoms with van der Waals surface area (Å²) in [7, 11) is 0. The van der Waals surface area contributed by atoms with Crippen LogP contribution in [0.4, 0.5) is 0 Å². The van der Waals surface area contributed by atoms with E-state index in [1.54, 1.807) is 0 Å². The topological polar surface area (TPSA) is 30.5 Å². The zero-order valence-corrected chi connectivity index (χ0v) is 10.8. The van der Waals surface area contributed by atoms with E-state index in [-0.39, 0.29) is 0 Å². The largest absolute Gasteiger partial charge is 0.379 e. The van der Waals surface area contributed by atoms with Crippen LogP contribution in [0.3, 0.4) is 0 Å². The van der Waals surface area contributed by atoms with Crippen molar-refractivity contribution in [3.05, 3.63) is 0 Å². The van der Waals surface area contributed by atoms with E-state index in [9.17, 15) is 0 Å². The molecule has 0 saturated carbocycles. The van der Waals surface area contributed by atoms with E-state index in [4.69, 9.17) is 9.47 Å². The Hall–Kier alpha value is -0.120. The minimum absolute atomic E-state index is 0.360. The van der Waals surface area contributed by atoms with E-state index in [1.165, 1.54) is 12.8 Å². The number of hydrogen-bond donors (Lipinski definition) is 1. The van der Waals surface area contributed by atoms with Crippen molar-refractivity contribution >= 4 is 0 Å². The first-order chi connectivity index (χ1) is 7.86. The van der Waals surface area contributed by atoms with Gasteiger partial charge in [0.05, 0.1) is 12.7 Å². The Morgan fingerprint density at radius 1 is 1.38 bits per heavy atom. The smallest absolute Gasteiger partial charge is 0.0830 e. The van der Waals surface area contributed by atoms with Crippen molar-refractivity contribution < 1.29 is 9.47 Å². The fourth-order valence-corrected chi connectivity index (χ4v) is 1.98. The third-order valence-corrected chi connectivity index (χ3v) is 3.33. The molecule has 1 saturated heterocycles. The second kappa shape index (κ2) is 8.97. The van der Waals surface area contributed by atoms with Gasteiger partial charge in [-0.1, -0.05) is 26.7 Å². The molecule has 3 nitrogen and oxygen atoms in total. The summed E-state index contributed by atoms with van der Waals surface area (Å²) in [5, 5.41) is 3.50. The van der Waals surface area contributed by atoms with Gasteiger partial charge in [0.1, 0.15) is 0 Å². The number of rotatable bonds is 9. The molecule has 1 rings (SSSR count). The van der Waals surface area contributed by atoms with E-state index in [2.05, 4.69) is 19.2 Å². The summed E-state index contributed by atoms with van der Waals surface area (Å²) < 4.78 is 11.0. The van der Waals surface area contributed by atoms with Gasteiger partial charge in [-0.15, -0.1) is 0 Å².